The van der Waals surface area contributed by atoms with E-state index in [4.69, 9.17) is 0 Å². The zero-order chi connectivity index (χ0) is 9.97. The summed E-state index contributed by atoms with van der Waals surface area (Å²) in [6.45, 7) is 3.13. The van der Waals surface area contributed by atoms with Gasteiger partial charge in [0.2, 0.25) is 0 Å². The van der Waals surface area contributed by atoms with Crippen LogP contribution >= 0.6 is 0 Å². The SMILES string of the molecule is CCN(C)c1cnc2ccccc2c1. The Labute approximate surface area is 84.2 Å². The van der Waals surface area contributed by atoms with Gasteiger partial charge >= 0.3 is 0 Å². The molecule has 14 heavy (non-hydrogen) atoms. The van der Waals surface area contributed by atoms with Gasteiger partial charge in [0.1, 0.15) is 0 Å². The number of anilines is 1. The van der Waals surface area contributed by atoms with Gasteiger partial charge in [-0.25, -0.2) is 0 Å². The third-order valence-corrected chi connectivity index (χ3v) is 2.49. The molecule has 1 heterocycles. The molecule has 0 N–H and O–H groups in total. The number of fused-ring (bicyclic) bond motifs is 1. The lowest BCUT2D eigenvalue weighted by Gasteiger charge is -2.16. The van der Waals surface area contributed by atoms with Gasteiger partial charge in [0, 0.05) is 19.0 Å². The monoisotopic (exact) mass is 186 g/mol. The van der Waals surface area contributed by atoms with Crippen molar-refractivity contribution in [3.05, 3.63) is 36.5 Å². The fourth-order valence-corrected chi connectivity index (χ4v) is 1.45. The lowest BCUT2D eigenvalue weighted by Crippen LogP contribution is -2.15. The first-order valence-corrected chi connectivity index (χ1v) is 4.87. The Balaban J connectivity index is 2.51. The summed E-state index contributed by atoms with van der Waals surface area (Å²) in [5.74, 6) is 0. The average molecular weight is 186 g/mol. The normalized spacial score (nSPS) is 10.4. The minimum atomic E-state index is 1.00. The first-order chi connectivity index (χ1) is 6.81. The van der Waals surface area contributed by atoms with Crippen molar-refractivity contribution in [1.29, 1.82) is 0 Å². The van der Waals surface area contributed by atoms with E-state index in [1.54, 1.807) is 0 Å². The summed E-state index contributed by atoms with van der Waals surface area (Å²) in [5, 5.41) is 1.20. The van der Waals surface area contributed by atoms with Crippen molar-refractivity contribution < 1.29 is 0 Å². The number of aromatic nitrogens is 1. The molecule has 0 aliphatic rings. The fraction of sp³-hybridized carbons (Fsp3) is 0.250. The molecule has 0 aliphatic heterocycles. The van der Waals surface area contributed by atoms with Gasteiger partial charge in [-0.05, 0) is 19.1 Å². The molecule has 0 aliphatic carbocycles. The Kier molecular flexibility index (Phi) is 2.35. The maximum Gasteiger partial charge on any atom is 0.0703 e. The molecule has 0 saturated heterocycles. The first-order valence-electron chi connectivity index (χ1n) is 4.87. The van der Waals surface area contributed by atoms with E-state index in [9.17, 15) is 0 Å². The van der Waals surface area contributed by atoms with Crippen LogP contribution in [0.3, 0.4) is 0 Å². The lowest BCUT2D eigenvalue weighted by atomic mass is 10.2. The second kappa shape index (κ2) is 3.66. The third-order valence-electron chi connectivity index (χ3n) is 2.49. The van der Waals surface area contributed by atoms with E-state index in [2.05, 4.69) is 36.0 Å². The van der Waals surface area contributed by atoms with Crippen molar-refractivity contribution in [2.24, 2.45) is 0 Å². The quantitative estimate of drug-likeness (QED) is 0.716. The predicted molar refractivity (Wildman–Crippen MR) is 60.7 cm³/mol. The van der Waals surface area contributed by atoms with Gasteiger partial charge in [0.15, 0.2) is 0 Å². The summed E-state index contributed by atoms with van der Waals surface area (Å²) >= 11 is 0. The van der Waals surface area contributed by atoms with Crippen molar-refractivity contribution in [3.63, 3.8) is 0 Å². The Morgan fingerprint density at radius 1 is 1.29 bits per heavy atom. The molecular formula is C12H14N2. The van der Waals surface area contributed by atoms with E-state index in [1.807, 2.05) is 24.4 Å². The van der Waals surface area contributed by atoms with Crippen LogP contribution in [0.25, 0.3) is 10.9 Å². The van der Waals surface area contributed by atoms with Crippen molar-refractivity contribution in [3.8, 4) is 0 Å². The number of benzene rings is 1. The molecule has 2 aromatic rings. The van der Waals surface area contributed by atoms with Gasteiger partial charge in [-0.3, -0.25) is 4.98 Å². The van der Waals surface area contributed by atoms with E-state index in [1.165, 1.54) is 11.1 Å². The molecule has 1 aromatic heterocycles. The molecule has 0 unspecified atom stereocenters. The summed E-state index contributed by atoms with van der Waals surface area (Å²) in [4.78, 5) is 6.59. The standard InChI is InChI=1S/C12H14N2/c1-3-14(2)11-8-10-6-4-5-7-12(10)13-9-11/h4-9H,3H2,1-2H3. The van der Waals surface area contributed by atoms with Crippen LogP contribution in [0, 0.1) is 0 Å². The third kappa shape index (κ3) is 1.55. The van der Waals surface area contributed by atoms with Gasteiger partial charge < -0.3 is 4.90 Å². The molecule has 0 atom stereocenters. The fourth-order valence-electron chi connectivity index (χ4n) is 1.45. The van der Waals surface area contributed by atoms with Crippen LogP contribution in [-0.4, -0.2) is 18.6 Å². The van der Waals surface area contributed by atoms with E-state index in [0.29, 0.717) is 0 Å². The molecular weight excluding hydrogens is 172 g/mol. The molecule has 2 rings (SSSR count). The summed E-state index contributed by atoms with van der Waals surface area (Å²) < 4.78 is 0. The summed E-state index contributed by atoms with van der Waals surface area (Å²) in [7, 11) is 2.08. The van der Waals surface area contributed by atoms with Gasteiger partial charge in [-0.15, -0.1) is 0 Å². The molecule has 2 heteroatoms. The highest BCUT2D eigenvalue weighted by atomic mass is 15.1. The van der Waals surface area contributed by atoms with Crippen LogP contribution in [0.15, 0.2) is 36.5 Å². The largest absolute Gasteiger partial charge is 0.374 e. The lowest BCUT2D eigenvalue weighted by molar-refractivity contribution is 0.965. The van der Waals surface area contributed by atoms with Crippen LogP contribution in [0.2, 0.25) is 0 Å². The molecule has 2 nitrogen and oxygen atoms in total. The van der Waals surface area contributed by atoms with Crippen molar-refractivity contribution in [1.82, 2.24) is 4.98 Å². The number of hydrogen-bond donors (Lipinski definition) is 0. The summed E-state index contributed by atoms with van der Waals surface area (Å²) in [6, 6.07) is 10.4. The number of hydrogen-bond acceptors (Lipinski definition) is 2. The Bertz CT molecular complexity index is 437. The molecule has 1 aromatic carbocycles. The molecule has 0 bridgehead atoms. The topological polar surface area (TPSA) is 16.1 Å². The van der Waals surface area contributed by atoms with Crippen molar-refractivity contribution in [2.75, 3.05) is 18.5 Å². The second-order valence-electron chi connectivity index (χ2n) is 3.40. The van der Waals surface area contributed by atoms with Crippen LogP contribution < -0.4 is 4.90 Å². The maximum absolute atomic E-state index is 4.41. The highest BCUT2D eigenvalue weighted by Crippen LogP contribution is 2.18. The van der Waals surface area contributed by atoms with Crippen LogP contribution in [-0.2, 0) is 0 Å². The summed E-state index contributed by atoms with van der Waals surface area (Å²) in [6.07, 6.45) is 1.92. The highest BCUT2D eigenvalue weighted by Gasteiger charge is 1.99. The van der Waals surface area contributed by atoms with E-state index in [-0.39, 0.29) is 0 Å². The number of rotatable bonds is 2. The zero-order valence-electron chi connectivity index (χ0n) is 8.57. The molecule has 0 amide bonds. The smallest absolute Gasteiger partial charge is 0.0703 e. The van der Waals surface area contributed by atoms with Gasteiger partial charge in [0.05, 0.1) is 17.4 Å². The summed E-state index contributed by atoms with van der Waals surface area (Å²) in [5.41, 5.74) is 2.23. The minimum Gasteiger partial charge on any atom is -0.374 e. The minimum absolute atomic E-state index is 1.00. The van der Waals surface area contributed by atoms with E-state index < -0.39 is 0 Å². The number of nitrogens with zero attached hydrogens (tertiary/aromatic N) is 2. The van der Waals surface area contributed by atoms with Crippen LogP contribution in [0.4, 0.5) is 5.69 Å². The van der Waals surface area contributed by atoms with E-state index >= 15 is 0 Å². The van der Waals surface area contributed by atoms with Crippen molar-refractivity contribution in [2.45, 2.75) is 6.92 Å². The second-order valence-corrected chi connectivity index (χ2v) is 3.40. The average Bonchev–Trinajstić information content (AvgIpc) is 2.27. The van der Waals surface area contributed by atoms with Gasteiger partial charge in [0.25, 0.3) is 0 Å². The van der Waals surface area contributed by atoms with Gasteiger partial charge in [-0.2, -0.15) is 0 Å². The zero-order valence-corrected chi connectivity index (χ0v) is 8.57. The Morgan fingerprint density at radius 3 is 2.86 bits per heavy atom. The molecule has 0 spiro atoms. The highest BCUT2D eigenvalue weighted by molar-refractivity contribution is 5.81. The molecule has 0 radical (unpaired) electrons. The molecule has 0 fully saturated rings. The Hall–Kier alpha value is -1.57. The van der Waals surface area contributed by atoms with Crippen LogP contribution in [0.5, 0.6) is 0 Å². The number of pyridine rings is 1. The van der Waals surface area contributed by atoms with Crippen LogP contribution in [0.1, 0.15) is 6.92 Å². The van der Waals surface area contributed by atoms with Gasteiger partial charge in [-0.1, -0.05) is 18.2 Å². The van der Waals surface area contributed by atoms with Crippen molar-refractivity contribution >= 4 is 16.6 Å². The number of para-hydroxylation sites is 1. The predicted octanol–water partition coefficient (Wildman–Crippen LogP) is 2.69. The Morgan fingerprint density at radius 2 is 2.07 bits per heavy atom. The van der Waals surface area contributed by atoms with E-state index in [0.717, 1.165) is 12.1 Å². The maximum atomic E-state index is 4.41. The molecule has 0 saturated carbocycles. The first kappa shape index (κ1) is 9.00. The molecule has 72 valence electrons.